The minimum absolute atomic E-state index is 0.0165. The highest BCUT2D eigenvalue weighted by Crippen LogP contribution is 2.43. The average molecular weight is 333 g/mol. The van der Waals surface area contributed by atoms with E-state index in [0.29, 0.717) is 6.54 Å². The van der Waals surface area contributed by atoms with Crippen LogP contribution < -0.4 is 4.74 Å². The van der Waals surface area contributed by atoms with E-state index in [2.05, 4.69) is 0 Å². The summed E-state index contributed by atoms with van der Waals surface area (Å²) in [6.07, 6.45) is 2.62. The van der Waals surface area contributed by atoms with Gasteiger partial charge >= 0.3 is 5.97 Å². The molecule has 1 aromatic rings. The van der Waals surface area contributed by atoms with Crippen LogP contribution in [0.1, 0.15) is 31.2 Å². The maximum absolute atomic E-state index is 13.3. The van der Waals surface area contributed by atoms with Gasteiger partial charge in [-0.05, 0) is 30.5 Å². The number of aliphatic carboxylic acids is 1. The summed E-state index contributed by atoms with van der Waals surface area (Å²) in [7, 11) is 1.61. The number of hydrogen-bond donors (Lipinski definition) is 1. The summed E-state index contributed by atoms with van der Waals surface area (Å²) in [4.78, 5) is 26.2. The number of carboxylic acids is 1. The lowest BCUT2D eigenvalue weighted by atomic mass is 9.77. The van der Waals surface area contributed by atoms with Gasteiger partial charge in [0.1, 0.15) is 5.75 Å². The number of amides is 1. The molecular formula is C18H23NO5. The molecule has 3 rings (SSSR count). The minimum atomic E-state index is -1.02. The Morgan fingerprint density at radius 2 is 2.08 bits per heavy atom. The highest BCUT2D eigenvalue weighted by molar-refractivity contribution is 5.89. The molecule has 1 amide bonds. The molecule has 130 valence electrons. The summed E-state index contributed by atoms with van der Waals surface area (Å²) in [6.45, 7) is 0.811. The number of benzene rings is 1. The van der Waals surface area contributed by atoms with E-state index in [0.717, 1.165) is 37.0 Å². The molecule has 2 aliphatic rings. The van der Waals surface area contributed by atoms with Crippen LogP contribution in [0.4, 0.5) is 0 Å². The van der Waals surface area contributed by atoms with Crippen molar-refractivity contribution in [1.82, 2.24) is 4.90 Å². The van der Waals surface area contributed by atoms with Gasteiger partial charge in [0.25, 0.3) is 0 Å². The third kappa shape index (κ3) is 2.98. The maximum Gasteiger partial charge on any atom is 0.334 e. The predicted octanol–water partition coefficient (Wildman–Crippen LogP) is 1.82. The number of methoxy groups -OCH3 is 1. The lowest BCUT2D eigenvalue weighted by Crippen LogP contribution is -2.54. The van der Waals surface area contributed by atoms with E-state index >= 15 is 0 Å². The van der Waals surface area contributed by atoms with Crippen LogP contribution in [0.25, 0.3) is 0 Å². The van der Waals surface area contributed by atoms with Crippen molar-refractivity contribution in [3.63, 3.8) is 0 Å². The molecule has 1 saturated heterocycles. The summed E-state index contributed by atoms with van der Waals surface area (Å²) in [5.74, 6) is -0.269. The number of hydrogen-bond acceptors (Lipinski definition) is 4. The Kier molecular flexibility index (Phi) is 4.76. The first kappa shape index (κ1) is 16.8. The lowest BCUT2D eigenvalue weighted by Gasteiger charge is -2.38. The molecule has 1 saturated carbocycles. The molecule has 1 aromatic carbocycles. The number of carboxylic acid groups (broad SMARTS) is 1. The SMILES string of the molecule is COc1cccc(C2(C(=O)N3CCO[C@H](C(=O)O)C3)CCCC2)c1. The molecule has 0 unspecified atom stereocenters. The van der Waals surface area contributed by atoms with Gasteiger partial charge in [-0.1, -0.05) is 25.0 Å². The van der Waals surface area contributed by atoms with Crippen molar-refractivity contribution in [3.8, 4) is 5.75 Å². The number of carbonyl (C=O) groups is 2. The van der Waals surface area contributed by atoms with E-state index in [1.807, 2.05) is 24.3 Å². The first-order chi connectivity index (χ1) is 11.6. The van der Waals surface area contributed by atoms with Crippen LogP contribution in [-0.4, -0.2) is 54.8 Å². The number of rotatable bonds is 4. The van der Waals surface area contributed by atoms with Gasteiger partial charge in [-0.15, -0.1) is 0 Å². The van der Waals surface area contributed by atoms with Gasteiger partial charge in [0.2, 0.25) is 5.91 Å². The molecular weight excluding hydrogens is 310 g/mol. The van der Waals surface area contributed by atoms with Gasteiger partial charge in [-0.2, -0.15) is 0 Å². The van der Waals surface area contributed by atoms with Crippen molar-refractivity contribution in [2.24, 2.45) is 0 Å². The van der Waals surface area contributed by atoms with Gasteiger partial charge in [0.15, 0.2) is 6.10 Å². The molecule has 0 bridgehead atoms. The monoisotopic (exact) mass is 333 g/mol. The Hall–Kier alpha value is -2.08. The summed E-state index contributed by atoms with van der Waals surface area (Å²) in [6, 6.07) is 7.67. The van der Waals surface area contributed by atoms with Crippen LogP contribution in [0.2, 0.25) is 0 Å². The predicted molar refractivity (Wildman–Crippen MR) is 87.1 cm³/mol. The molecule has 1 aliphatic carbocycles. The molecule has 6 nitrogen and oxygen atoms in total. The highest BCUT2D eigenvalue weighted by Gasteiger charge is 2.46. The first-order valence-electron chi connectivity index (χ1n) is 8.35. The fourth-order valence-corrected chi connectivity index (χ4v) is 3.81. The summed E-state index contributed by atoms with van der Waals surface area (Å²) in [5, 5.41) is 9.17. The fourth-order valence-electron chi connectivity index (χ4n) is 3.81. The number of ether oxygens (including phenoxy) is 2. The summed E-state index contributed by atoms with van der Waals surface area (Å²) >= 11 is 0. The second-order valence-electron chi connectivity index (χ2n) is 6.47. The van der Waals surface area contributed by atoms with E-state index in [-0.39, 0.29) is 19.1 Å². The maximum atomic E-state index is 13.3. The molecule has 1 heterocycles. The average Bonchev–Trinajstić information content (AvgIpc) is 3.12. The summed E-state index contributed by atoms with van der Waals surface area (Å²) in [5.41, 5.74) is 0.386. The fraction of sp³-hybridized carbons (Fsp3) is 0.556. The molecule has 1 N–H and O–H groups in total. The second kappa shape index (κ2) is 6.81. The lowest BCUT2D eigenvalue weighted by molar-refractivity contribution is -0.161. The highest BCUT2D eigenvalue weighted by atomic mass is 16.5. The van der Waals surface area contributed by atoms with Crippen LogP contribution in [0.15, 0.2) is 24.3 Å². The number of nitrogens with zero attached hydrogens (tertiary/aromatic N) is 1. The van der Waals surface area contributed by atoms with Gasteiger partial charge in [0.05, 0.1) is 25.7 Å². The Morgan fingerprint density at radius 3 is 2.75 bits per heavy atom. The first-order valence-corrected chi connectivity index (χ1v) is 8.35. The zero-order valence-corrected chi connectivity index (χ0v) is 13.9. The van der Waals surface area contributed by atoms with Gasteiger partial charge in [-0.3, -0.25) is 4.79 Å². The molecule has 24 heavy (non-hydrogen) atoms. The number of morpholine rings is 1. The van der Waals surface area contributed by atoms with Crippen molar-refractivity contribution in [1.29, 1.82) is 0 Å². The molecule has 0 radical (unpaired) electrons. The molecule has 0 aromatic heterocycles. The van der Waals surface area contributed by atoms with E-state index in [4.69, 9.17) is 9.47 Å². The van der Waals surface area contributed by atoms with Crippen molar-refractivity contribution in [2.75, 3.05) is 26.8 Å². The van der Waals surface area contributed by atoms with Crippen molar-refractivity contribution < 1.29 is 24.2 Å². The van der Waals surface area contributed by atoms with E-state index < -0.39 is 17.5 Å². The van der Waals surface area contributed by atoms with Crippen LogP contribution in [0.5, 0.6) is 5.75 Å². The normalized spacial score (nSPS) is 23.0. The summed E-state index contributed by atoms with van der Waals surface area (Å²) < 4.78 is 10.6. The molecule has 2 fully saturated rings. The van der Waals surface area contributed by atoms with Crippen LogP contribution in [0.3, 0.4) is 0 Å². The molecule has 1 atom stereocenters. The van der Waals surface area contributed by atoms with Crippen molar-refractivity contribution in [3.05, 3.63) is 29.8 Å². The third-order valence-corrected chi connectivity index (χ3v) is 5.12. The van der Waals surface area contributed by atoms with Crippen molar-refractivity contribution >= 4 is 11.9 Å². The largest absolute Gasteiger partial charge is 0.497 e. The number of carbonyl (C=O) groups excluding carboxylic acids is 1. The van der Waals surface area contributed by atoms with E-state index in [1.54, 1.807) is 12.0 Å². The minimum Gasteiger partial charge on any atom is -0.497 e. The Morgan fingerprint density at radius 1 is 1.33 bits per heavy atom. The van der Waals surface area contributed by atoms with Gasteiger partial charge < -0.3 is 19.5 Å². The third-order valence-electron chi connectivity index (χ3n) is 5.12. The quantitative estimate of drug-likeness (QED) is 0.909. The smallest absolute Gasteiger partial charge is 0.334 e. The van der Waals surface area contributed by atoms with Gasteiger partial charge in [-0.25, -0.2) is 4.79 Å². The van der Waals surface area contributed by atoms with Crippen LogP contribution >= 0.6 is 0 Å². The van der Waals surface area contributed by atoms with Crippen LogP contribution in [-0.2, 0) is 19.7 Å². The Bertz CT molecular complexity index is 624. The zero-order valence-electron chi connectivity index (χ0n) is 13.9. The van der Waals surface area contributed by atoms with Crippen molar-refractivity contribution in [2.45, 2.75) is 37.2 Å². The topological polar surface area (TPSA) is 76.1 Å². The molecule has 6 heteroatoms. The molecule has 1 aliphatic heterocycles. The van der Waals surface area contributed by atoms with E-state index in [9.17, 15) is 14.7 Å². The van der Waals surface area contributed by atoms with Gasteiger partial charge in [0, 0.05) is 6.54 Å². The second-order valence-corrected chi connectivity index (χ2v) is 6.47. The zero-order chi connectivity index (χ0) is 17.2. The Labute approximate surface area is 141 Å². The van der Waals surface area contributed by atoms with Crippen LogP contribution in [0, 0.1) is 0 Å². The standard InChI is InChI=1S/C18H23NO5/c1-23-14-6-4-5-13(11-14)18(7-2-3-8-18)17(22)19-9-10-24-15(12-19)16(20)21/h4-6,11,15H,2-3,7-10,12H2,1H3,(H,20,21)/t15-/m0/s1. The molecule has 0 spiro atoms. The van der Waals surface area contributed by atoms with E-state index in [1.165, 1.54) is 0 Å². The Balaban J connectivity index is 1.89.